The standard InChI is InChI=1S/C15H22FNO2/c1-11-8-17(15(2,3)10-19-11)9-14(18)12-6-4-5-7-13(12)16/h4-7,11,14,18H,8-10H2,1-3H3. The molecule has 3 nitrogen and oxygen atoms in total. The van der Waals surface area contributed by atoms with Crippen LogP contribution < -0.4 is 0 Å². The van der Waals surface area contributed by atoms with Gasteiger partial charge in [-0.3, -0.25) is 4.90 Å². The second-order valence-corrected chi connectivity index (χ2v) is 5.88. The van der Waals surface area contributed by atoms with E-state index in [4.69, 9.17) is 4.74 Å². The summed E-state index contributed by atoms with van der Waals surface area (Å²) < 4.78 is 19.3. The van der Waals surface area contributed by atoms with Gasteiger partial charge < -0.3 is 9.84 Å². The van der Waals surface area contributed by atoms with E-state index in [0.717, 1.165) is 6.54 Å². The number of halogens is 1. The zero-order valence-electron chi connectivity index (χ0n) is 11.8. The maximum Gasteiger partial charge on any atom is 0.129 e. The number of ether oxygens (including phenoxy) is 1. The molecule has 1 aliphatic rings. The Morgan fingerprint density at radius 2 is 2.16 bits per heavy atom. The second kappa shape index (κ2) is 5.57. The van der Waals surface area contributed by atoms with Crippen molar-refractivity contribution in [2.45, 2.75) is 38.5 Å². The maximum absolute atomic E-state index is 13.7. The first-order chi connectivity index (χ1) is 8.90. The van der Waals surface area contributed by atoms with E-state index in [-0.39, 0.29) is 17.5 Å². The molecule has 4 heteroatoms. The van der Waals surface area contributed by atoms with E-state index in [1.807, 2.05) is 6.92 Å². The van der Waals surface area contributed by atoms with Crippen LogP contribution in [0.3, 0.4) is 0 Å². The number of β-amino-alcohol motifs (C(OH)–C–C–N with tert-alkyl or cyclic N) is 1. The van der Waals surface area contributed by atoms with Gasteiger partial charge in [-0.2, -0.15) is 0 Å². The van der Waals surface area contributed by atoms with Crippen molar-refractivity contribution in [1.82, 2.24) is 4.90 Å². The molecule has 1 heterocycles. The van der Waals surface area contributed by atoms with E-state index in [9.17, 15) is 9.50 Å². The van der Waals surface area contributed by atoms with Crippen LogP contribution in [0.15, 0.2) is 24.3 Å². The largest absolute Gasteiger partial charge is 0.387 e. The summed E-state index contributed by atoms with van der Waals surface area (Å²) in [4.78, 5) is 2.16. The van der Waals surface area contributed by atoms with Crippen LogP contribution in [0.25, 0.3) is 0 Å². The number of rotatable bonds is 3. The van der Waals surface area contributed by atoms with Gasteiger partial charge in [0.05, 0.1) is 18.8 Å². The Balaban J connectivity index is 2.09. The van der Waals surface area contributed by atoms with Gasteiger partial charge in [-0.05, 0) is 26.8 Å². The number of morpholine rings is 1. The maximum atomic E-state index is 13.7. The minimum absolute atomic E-state index is 0.140. The lowest BCUT2D eigenvalue weighted by molar-refractivity contribution is -0.102. The van der Waals surface area contributed by atoms with Gasteiger partial charge >= 0.3 is 0 Å². The highest BCUT2D eigenvalue weighted by Gasteiger charge is 2.34. The van der Waals surface area contributed by atoms with Gasteiger partial charge in [0.25, 0.3) is 0 Å². The number of hydrogen-bond acceptors (Lipinski definition) is 3. The van der Waals surface area contributed by atoms with E-state index in [1.54, 1.807) is 18.2 Å². The summed E-state index contributed by atoms with van der Waals surface area (Å²) in [6.45, 7) is 7.95. The summed E-state index contributed by atoms with van der Waals surface area (Å²) in [5.41, 5.74) is 0.219. The van der Waals surface area contributed by atoms with Crippen molar-refractivity contribution in [2.75, 3.05) is 19.7 Å². The van der Waals surface area contributed by atoms with Crippen LogP contribution in [-0.2, 0) is 4.74 Å². The van der Waals surface area contributed by atoms with Gasteiger partial charge in [0.2, 0.25) is 0 Å². The van der Waals surface area contributed by atoms with Crippen molar-refractivity contribution in [3.05, 3.63) is 35.6 Å². The van der Waals surface area contributed by atoms with Crippen molar-refractivity contribution < 1.29 is 14.2 Å². The highest BCUT2D eigenvalue weighted by molar-refractivity contribution is 5.20. The van der Waals surface area contributed by atoms with E-state index in [1.165, 1.54) is 6.07 Å². The molecule has 0 aromatic heterocycles. The van der Waals surface area contributed by atoms with Gasteiger partial charge in [0.1, 0.15) is 5.82 Å². The lowest BCUT2D eigenvalue weighted by Gasteiger charge is -2.45. The van der Waals surface area contributed by atoms with E-state index >= 15 is 0 Å². The molecule has 1 fully saturated rings. The summed E-state index contributed by atoms with van der Waals surface area (Å²) in [6.07, 6.45) is -0.674. The second-order valence-electron chi connectivity index (χ2n) is 5.88. The molecule has 106 valence electrons. The number of hydrogen-bond donors (Lipinski definition) is 1. The minimum Gasteiger partial charge on any atom is -0.387 e. The SMILES string of the molecule is CC1CN(CC(O)c2ccccc2F)C(C)(C)CO1. The van der Waals surface area contributed by atoms with Crippen molar-refractivity contribution in [3.63, 3.8) is 0 Å². The predicted octanol–water partition coefficient (Wildman–Crippen LogP) is 2.36. The van der Waals surface area contributed by atoms with Gasteiger partial charge in [0.15, 0.2) is 0 Å². The first-order valence-corrected chi connectivity index (χ1v) is 6.69. The number of aliphatic hydroxyl groups excluding tert-OH is 1. The van der Waals surface area contributed by atoms with Gasteiger partial charge in [-0.15, -0.1) is 0 Å². The zero-order valence-corrected chi connectivity index (χ0v) is 11.8. The quantitative estimate of drug-likeness (QED) is 0.912. The minimum atomic E-state index is -0.814. The summed E-state index contributed by atoms with van der Waals surface area (Å²) in [5.74, 6) is -0.353. The molecular weight excluding hydrogens is 245 g/mol. The average Bonchev–Trinajstić information content (AvgIpc) is 2.35. The first kappa shape index (κ1) is 14.4. The van der Waals surface area contributed by atoms with Crippen molar-refractivity contribution in [2.24, 2.45) is 0 Å². The molecule has 1 N–H and O–H groups in total. The highest BCUT2D eigenvalue weighted by Crippen LogP contribution is 2.26. The Labute approximate surface area is 114 Å². The van der Waals surface area contributed by atoms with Crippen LogP contribution in [0.5, 0.6) is 0 Å². The highest BCUT2D eigenvalue weighted by atomic mass is 19.1. The Morgan fingerprint density at radius 3 is 2.84 bits per heavy atom. The summed E-state index contributed by atoms with van der Waals surface area (Å²) in [6, 6.07) is 6.39. The number of aliphatic hydroxyl groups is 1. The molecule has 0 spiro atoms. The van der Waals surface area contributed by atoms with E-state index in [0.29, 0.717) is 18.7 Å². The Morgan fingerprint density at radius 1 is 1.47 bits per heavy atom. The molecule has 0 aliphatic carbocycles. The van der Waals surface area contributed by atoms with Crippen molar-refractivity contribution in [3.8, 4) is 0 Å². The fraction of sp³-hybridized carbons (Fsp3) is 0.600. The molecule has 2 atom stereocenters. The Kier molecular flexibility index (Phi) is 4.23. The Bertz CT molecular complexity index is 436. The lowest BCUT2D eigenvalue weighted by Crippen LogP contribution is -2.56. The Hall–Kier alpha value is -0.970. The number of nitrogens with zero attached hydrogens (tertiary/aromatic N) is 1. The first-order valence-electron chi connectivity index (χ1n) is 6.69. The molecular formula is C15H22FNO2. The molecule has 0 radical (unpaired) electrons. The van der Waals surface area contributed by atoms with Gasteiger partial charge in [-0.1, -0.05) is 18.2 Å². The smallest absolute Gasteiger partial charge is 0.129 e. The topological polar surface area (TPSA) is 32.7 Å². The average molecular weight is 267 g/mol. The number of benzene rings is 1. The van der Waals surface area contributed by atoms with E-state index in [2.05, 4.69) is 18.7 Å². The third kappa shape index (κ3) is 3.32. The molecule has 1 aromatic carbocycles. The van der Waals surface area contributed by atoms with E-state index < -0.39 is 6.10 Å². The normalized spacial score (nSPS) is 25.2. The van der Waals surface area contributed by atoms with Gasteiger partial charge in [-0.25, -0.2) is 4.39 Å². The monoisotopic (exact) mass is 267 g/mol. The molecule has 2 rings (SSSR count). The fourth-order valence-electron chi connectivity index (χ4n) is 2.42. The molecule has 0 saturated carbocycles. The molecule has 19 heavy (non-hydrogen) atoms. The van der Waals surface area contributed by atoms with Crippen LogP contribution in [0.4, 0.5) is 4.39 Å². The zero-order chi connectivity index (χ0) is 14.0. The lowest BCUT2D eigenvalue weighted by atomic mass is 9.99. The summed E-state index contributed by atoms with van der Waals surface area (Å²) >= 11 is 0. The van der Waals surface area contributed by atoms with Crippen LogP contribution in [-0.4, -0.2) is 41.3 Å². The van der Waals surface area contributed by atoms with Crippen LogP contribution >= 0.6 is 0 Å². The summed E-state index contributed by atoms with van der Waals surface area (Å²) in [5, 5.41) is 10.2. The van der Waals surface area contributed by atoms with Crippen LogP contribution in [0.2, 0.25) is 0 Å². The molecule has 1 aliphatic heterocycles. The summed E-state index contributed by atoms with van der Waals surface area (Å²) in [7, 11) is 0. The predicted molar refractivity (Wildman–Crippen MR) is 72.4 cm³/mol. The molecule has 0 amide bonds. The molecule has 0 bridgehead atoms. The molecule has 2 unspecified atom stereocenters. The van der Waals surface area contributed by atoms with Crippen LogP contribution in [0, 0.1) is 5.82 Å². The molecule has 1 saturated heterocycles. The van der Waals surface area contributed by atoms with Crippen LogP contribution in [0.1, 0.15) is 32.4 Å². The van der Waals surface area contributed by atoms with Crippen molar-refractivity contribution in [1.29, 1.82) is 0 Å². The molecule has 1 aromatic rings. The van der Waals surface area contributed by atoms with Gasteiger partial charge in [0, 0.05) is 24.2 Å². The fourth-order valence-corrected chi connectivity index (χ4v) is 2.42. The van der Waals surface area contributed by atoms with Crippen molar-refractivity contribution >= 4 is 0 Å². The third-order valence-electron chi connectivity index (χ3n) is 3.71. The third-order valence-corrected chi connectivity index (χ3v) is 3.71.